The fourth-order valence-electron chi connectivity index (χ4n) is 1.58. The normalized spacial score (nSPS) is 10.2. The van der Waals surface area contributed by atoms with Gasteiger partial charge in [0.25, 0.3) is 5.91 Å². The summed E-state index contributed by atoms with van der Waals surface area (Å²) >= 11 is 5.61. The van der Waals surface area contributed by atoms with Crippen LogP contribution in [0.4, 0.5) is 4.39 Å². The average Bonchev–Trinajstić information content (AvgIpc) is 2.40. The zero-order chi connectivity index (χ0) is 13.8. The third kappa shape index (κ3) is 3.23. The SMILES string of the molecule is O=C(NCc1ccccc1O)c1ccc(F)c(Cl)c1. The molecule has 98 valence electrons. The van der Waals surface area contributed by atoms with Gasteiger partial charge < -0.3 is 10.4 Å². The predicted molar refractivity (Wildman–Crippen MR) is 70.7 cm³/mol. The second-order valence-corrected chi connectivity index (χ2v) is 4.35. The summed E-state index contributed by atoms with van der Waals surface area (Å²) in [5.74, 6) is -0.844. The second kappa shape index (κ2) is 5.71. The Hall–Kier alpha value is -2.07. The lowest BCUT2D eigenvalue weighted by molar-refractivity contribution is 0.0950. The van der Waals surface area contributed by atoms with Crippen molar-refractivity contribution in [2.24, 2.45) is 0 Å². The first-order chi connectivity index (χ1) is 9.08. The van der Waals surface area contributed by atoms with E-state index in [2.05, 4.69) is 5.32 Å². The van der Waals surface area contributed by atoms with Gasteiger partial charge in [-0.1, -0.05) is 29.8 Å². The number of aromatic hydroxyl groups is 1. The molecule has 0 heterocycles. The zero-order valence-corrected chi connectivity index (χ0v) is 10.6. The Morgan fingerprint density at radius 2 is 2.00 bits per heavy atom. The van der Waals surface area contributed by atoms with Gasteiger partial charge in [-0.3, -0.25) is 4.79 Å². The maximum Gasteiger partial charge on any atom is 0.251 e. The lowest BCUT2D eigenvalue weighted by atomic mass is 10.1. The van der Waals surface area contributed by atoms with Crippen LogP contribution in [0.15, 0.2) is 42.5 Å². The minimum atomic E-state index is -0.570. The molecule has 5 heteroatoms. The van der Waals surface area contributed by atoms with Crippen molar-refractivity contribution < 1.29 is 14.3 Å². The van der Waals surface area contributed by atoms with Gasteiger partial charge >= 0.3 is 0 Å². The first kappa shape index (κ1) is 13.4. The van der Waals surface area contributed by atoms with E-state index in [9.17, 15) is 14.3 Å². The molecular formula is C14H11ClFNO2. The Labute approximate surface area is 114 Å². The monoisotopic (exact) mass is 279 g/mol. The summed E-state index contributed by atoms with van der Waals surface area (Å²) in [5, 5.41) is 12.1. The summed E-state index contributed by atoms with van der Waals surface area (Å²) in [7, 11) is 0. The molecule has 2 aromatic carbocycles. The summed E-state index contributed by atoms with van der Waals surface area (Å²) in [6.45, 7) is 0.181. The number of hydrogen-bond acceptors (Lipinski definition) is 2. The van der Waals surface area contributed by atoms with Crippen molar-refractivity contribution >= 4 is 17.5 Å². The van der Waals surface area contributed by atoms with Gasteiger partial charge in [0.1, 0.15) is 11.6 Å². The van der Waals surface area contributed by atoms with E-state index in [4.69, 9.17) is 11.6 Å². The van der Waals surface area contributed by atoms with Gasteiger partial charge in [-0.2, -0.15) is 0 Å². The topological polar surface area (TPSA) is 49.3 Å². The van der Waals surface area contributed by atoms with Gasteiger partial charge in [0.05, 0.1) is 5.02 Å². The number of carbonyl (C=O) groups excluding carboxylic acids is 1. The standard InChI is InChI=1S/C14H11ClFNO2/c15-11-7-9(5-6-12(11)16)14(19)17-8-10-3-1-2-4-13(10)18/h1-7,18H,8H2,(H,17,19). The van der Waals surface area contributed by atoms with Gasteiger partial charge in [-0.05, 0) is 24.3 Å². The molecule has 0 fully saturated rings. The summed E-state index contributed by atoms with van der Waals surface area (Å²) < 4.78 is 13.0. The number of para-hydroxylation sites is 1. The highest BCUT2D eigenvalue weighted by Crippen LogP contribution is 2.17. The molecule has 3 nitrogen and oxygen atoms in total. The van der Waals surface area contributed by atoms with Gasteiger partial charge in [0.2, 0.25) is 0 Å². The van der Waals surface area contributed by atoms with E-state index in [1.165, 1.54) is 18.2 Å². The van der Waals surface area contributed by atoms with Gasteiger partial charge in [-0.15, -0.1) is 0 Å². The number of benzene rings is 2. The number of hydrogen-bond donors (Lipinski definition) is 2. The molecule has 0 aromatic heterocycles. The summed E-state index contributed by atoms with van der Waals surface area (Å²) in [4.78, 5) is 11.8. The van der Waals surface area contributed by atoms with Crippen LogP contribution in [0, 0.1) is 5.82 Å². The van der Waals surface area contributed by atoms with E-state index < -0.39 is 5.82 Å². The summed E-state index contributed by atoms with van der Waals surface area (Å²) in [5.41, 5.74) is 0.867. The second-order valence-electron chi connectivity index (χ2n) is 3.94. The van der Waals surface area contributed by atoms with Crippen LogP contribution in [-0.4, -0.2) is 11.0 Å². The number of rotatable bonds is 3. The smallest absolute Gasteiger partial charge is 0.251 e. The van der Waals surface area contributed by atoms with Crippen LogP contribution in [0.5, 0.6) is 5.75 Å². The number of carbonyl (C=O) groups is 1. The fourth-order valence-corrected chi connectivity index (χ4v) is 1.76. The number of nitrogens with one attached hydrogen (secondary N) is 1. The molecule has 0 bridgehead atoms. The van der Waals surface area contributed by atoms with Crippen molar-refractivity contribution in [1.29, 1.82) is 0 Å². The van der Waals surface area contributed by atoms with Gasteiger partial charge in [-0.25, -0.2) is 4.39 Å². The predicted octanol–water partition coefficient (Wildman–Crippen LogP) is 3.11. The van der Waals surface area contributed by atoms with Crippen LogP contribution in [0.25, 0.3) is 0 Å². The Morgan fingerprint density at radius 1 is 1.26 bits per heavy atom. The molecule has 1 amide bonds. The minimum absolute atomic E-state index is 0.102. The van der Waals surface area contributed by atoms with Crippen LogP contribution in [-0.2, 0) is 6.54 Å². The highest BCUT2D eigenvalue weighted by molar-refractivity contribution is 6.31. The van der Waals surface area contributed by atoms with Crippen LogP contribution in [0.1, 0.15) is 15.9 Å². The Bertz CT molecular complexity index is 616. The van der Waals surface area contributed by atoms with Crippen LogP contribution < -0.4 is 5.32 Å². The van der Waals surface area contributed by atoms with E-state index in [0.717, 1.165) is 6.07 Å². The first-order valence-corrected chi connectivity index (χ1v) is 5.96. The zero-order valence-electron chi connectivity index (χ0n) is 9.86. The minimum Gasteiger partial charge on any atom is -0.508 e. The van der Waals surface area contributed by atoms with Crippen molar-refractivity contribution in [3.05, 3.63) is 64.4 Å². The highest BCUT2D eigenvalue weighted by Gasteiger charge is 2.09. The van der Waals surface area contributed by atoms with E-state index in [1.54, 1.807) is 18.2 Å². The average molecular weight is 280 g/mol. The largest absolute Gasteiger partial charge is 0.508 e. The van der Waals surface area contributed by atoms with Gasteiger partial charge in [0, 0.05) is 17.7 Å². The van der Waals surface area contributed by atoms with Crippen molar-refractivity contribution in [3.63, 3.8) is 0 Å². The molecule has 0 spiro atoms. The molecule has 0 aliphatic heterocycles. The Morgan fingerprint density at radius 3 is 2.68 bits per heavy atom. The molecule has 0 aliphatic carbocycles. The molecule has 0 unspecified atom stereocenters. The number of halogens is 2. The van der Waals surface area contributed by atoms with Crippen molar-refractivity contribution in [3.8, 4) is 5.75 Å². The van der Waals surface area contributed by atoms with Crippen molar-refractivity contribution in [2.45, 2.75) is 6.54 Å². The van der Waals surface area contributed by atoms with Crippen molar-refractivity contribution in [2.75, 3.05) is 0 Å². The van der Waals surface area contributed by atoms with Crippen molar-refractivity contribution in [1.82, 2.24) is 5.32 Å². The molecular weight excluding hydrogens is 269 g/mol. The van der Waals surface area contributed by atoms with E-state index in [1.807, 2.05) is 0 Å². The molecule has 0 saturated heterocycles. The lowest BCUT2D eigenvalue weighted by Gasteiger charge is -2.07. The Balaban J connectivity index is 2.05. The lowest BCUT2D eigenvalue weighted by Crippen LogP contribution is -2.22. The van der Waals surface area contributed by atoms with Crippen LogP contribution >= 0.6 is 11.6 Å². The Kier molecular flexibility index (Phi) is 4.02. The van der Waals surface area contributed by atoms with E-state index in [0.29, 0.717) is 5.56 Å². The van der Waals surface area contributed by atoms with Crippen LogP contribution in [0.3, 0.4) is 0 Å². The molecule has 2 rings (SSSR count). The molecule has 0 radical (unpaired) electrons. The third-order valence-corrected chi connectivity index (χ3v) is 2.90. The van der Waals surface area contributed by atoms with Gasteiger partial charge in [0.15, 0.2) is 0 Å². The van der Waals surface area contributed by atoms with E-state index in [-0.39, 0.29) is 28.8 Å². The molecule has 0 atom stereocenters. The molecule has 2 aromatic rings. The summed E-state index contributed by atoms with van der Waals surface area (Å²) in [6, 6.07) is 10.4. The molecule has 0 saturated carbocycles. The third-order valence-electron chi connectivity index (χ3n) is 2.61. The van der Waals surface area contributed by atoms with E-state index >= 15 is 0 Å². The maximum atomic E-state index is 13.0. The number of amides is 1. The quantitative estimate of drug-likeness (QED) is 0.907. The molecule has 2 N–H and O–H groups in total. The van der Waals surface area contributed by atoms with Crippen LogP contribution in [0.2, 0.25) is 5.02 Å². The number of phenols is 1. The summed E-state index contributed by atoms with van der Waals surface area (Å²) in [6.07, 6.45) is 0. The first-order valence-electron chi connectivity index (χ1n) is 5.58. The fraction of sp³-hybridized carbons (Fsp3) is 0.0714. The maximum absolute atomic E-state index is 13.0. The molecule has 19 heavy (non-hydrogen) atoms. The highest BCUT2D eigenvalue weighted by atomic mass is 35.5. The number of phenolic OH excluding ortho intramolecular Hbond substituents is 1. The molecule has 0 aliphatic rings.